The molecule has 5 heteroatoms. The van der Waals surface area contributed by atoms with E-state index < -0.39 is 0 Å². The molecule has 0 bridgehead atoms. The second-order valence-electron chi connectivity index (χ2n) is 5.48. The van der Waals surface area contributed by atoms with Crippen molar-refractivity contribution in [3.8, 4) is 0 Å². The summed E-state index contributed by atoms with van der Waals surface area (Å²) in [5.74, 6) is -0.258. The maximum absolute atomic E-state index is 12.4. The largest absolute Gasteiger partial charge is 0.378 e. The molecule has 0 saturated carbocycles. The van der Waals surface area contributed by atoms with Crippen LogP contribution < -0.4 is 10.2 Å². The van der Waals surface area contributed by atoms with Crippen LogP contribution in [0.2, 0.25) is 0 Å². The molecule has 0 heterocycles. The summed E-state index contributed by atoms with van der Waals surface area (Å²) in [6.07, 6.45) is 0. The molecule has 0 spiro atoms. The van der Waals surface area contributed by atoms with Gasteiger partial charge in [-0.2, -0.15) is 0 Å². The fraction of sp³-hybridized carbons (Fsp3) is 0.500. The van der Waals surface area contributed by atoms with Gasteiger partial charge in [0.15, 0.2) is 0 Å². The Morgan fingerprint density at radius 2 is 1.71 bits per heavy atom. The molecule has 116 valence electrons. The van der Waals surface area contributed by atoms with E-state index >= 15 is 0 Å². The Labute approximate surface area is 126 Å². The summed E-state index contributed by atoms with van der Waals surface area (Å²) in [7, 11) is 3.90. The first-order chi connectivity index (χ1) is 9.85. The van der Waals surface area contributed by atoms with Gasteiger partial charge in [0.2, 0.25) is 5.91 Å². The lowest BCUT2D eigenvalue weighted by molar-refractivity contribution is -0.122. The minimum atomic E-state index is -0.134. The number of amides is 2. The zero-order chi connectivity index (χ0) is 16.0. The molecule has 0 saturated heterocycles. The summed E-state index contributed by atoms with van der Waals surface area (Å²) in [4.78, 5) is 27.7. The zero-order valence-corrected chi connectivity index (χ0v) is 13.5. The van der Waals surface area contributed by atoms with Crippen LogP contribution in [0.15, 0.2) is 24.3 Å². The third-order valence-electron chi connectivity index (χ3n) is 3.08. The van der Waals surface area contributed by atoms with Gasteiger partial charge < -0.3 is 15.1 Å². The summed E-state index contributed by atoms with van der Waals surface area (Å²) < 4.78 is 0. The van der Waals surface area contributed by atoms with Gasteiger partial charge in [-0.1, -0.05) is 0 Å². The summed E-state index contributed by atoms with van der Waals surface area (Å²) >= 11 is 0. The maximum Gasteiger partial charge on any atom is 0.254 e. The van der Waals surface area contributed by atoms with Crippen LogP contribution >= 0.6 is 0 Å². The third kappa shape index (κ3) is 5.10. The van der Waals surface area contributed by atoms with E-state index in [0.717, 1.165) is 5.69 Å². The number of nitrogens with zero attached hydrogens (tertiary/aromatic N) is 2. The Balaban J connectivity index is 2.76. The molecule has 0 fully saturated rings. The van der Waals surface area contributed by atoms with E-state index in [1.54, 1.807) is 17.0 Å². The highest BCUT2D eigenvalue weighted by atomic mass is 16.2. The van der Waals surface area contributed by atoms with Crippen LogP contribution in [0.25, 0.3) is 0 Å². The van der Waals surface area contributed by atoms with Gasteiger partial charge in [-0.05, 0) is 45.0 Å². The number of rotatable bonds is 6. The molecule has 1 N–H and O–H groups in total. The van der Waals surface area contributed by atoms with Gasteiger partial charge in [0.05, 0.1) is 6.54 Å². The molecule has 0 atom stereocenters. The van der Waals surface area contributed by atoms with Gasteiger partial charge in [-0.15, -0.1) is 0 Å². The zero-order valence-electron chi connectivity index (χ0n) is 13.5. The van der Waals surface area contributed by atoms with Crippen LogP contribution in [0.1, 0.15) is 31.1 Å². The van der Waals surface area contributed by atoms with Crippen molar-refractivity contribution < 1.29 is 9.59 Å². The van der Waals surface area contributed by atoms with Gasteiger partial charge >= 0.3 is 0 Å². The van der Waals surface area contributed by atoms with Crippen LogP contribution in [0.5, 0.6) is 0 Å². The average Bonchev–Trinajstić information content (AvgIpc) is 2.43. The topological polar surface area (TPSA) is 52.7 Å². The molecule has 1 aromatic rings. The minimum Gasteiger partial charge on any atom is -0.378 e. The number of hydrogen-bond donors (Lipinski definition) is 1. The van der Waals surface area contributed by atoms with Crippen molar-refractivity contribution in [2.24, 2.45) is 0 Å². The fourth-order valence-electron chi connectivity index (χ4n) is 1.95. The van der Waals surface area contributed by atoms with Crippen molar-refractivity contribution in [2.45, 2.75) is 26.8 Å². The second-order valence-corrected chi connectivity index (χ2v) is 5.48. The van der Waals surface area contributed by atoms with E-state index in [0.29, 0.717) is 12.1 Å². The van der Waals surface area contributed by atoms with Crippen LogP contribution in [0.3, 0.4) is 0 Å². The third-order valence-corrected chi connectivity index (χ3v) is 3.08. The quantitative estimate of drug-likeness (QED) is 0.868. The lowest BCUT2D eigenvalue weighted by Gasteiger charge is -2.21. The normalized spacial score (nSPS) is 10.4. The van der Waals surface area contributed by atoms with Crippen molar-refractivity contribution in [3.63, 3.8) is 0 Å². The van der Waals surface area contributed by atoms with Crippen molar-refractivity contribution in [3.05, 3.63) is 29.8 Å². The molecule has 1 rings (SSSR count). The Morgan fingerprint density at radius 3 is 2.14 bits per heavy atom. The number of carbonyl (C=O) groups is 2. The summed E-state index contributed by atoms with van der Waals surface area (Å²) in [5, 5.41) is 2.80. The van der Waals surface area contributed by atoms with Crippen LogP contribution in [-0.4, -0.2) is 49.9 Å². The van der Waals surface area contributed by atoms with E-state index in [1.807, 2.05) is 51.9 Å². The van der Waals surface area contributed by atoms with Crippen LogP contribution in [-0.2, 0) is 4.79 Å². The van der Waals surface area contributed by atoms with Gasteiger partial charge in [-0.3, -0.25) is 9.59 Å². The number of hydrogen-bond acceptors (Lipinski definition) is 3. The van der Waals surface area contributed by atoms with Gasteiger partial charge in [0.25, 0.3) is 5.91 Å². The Bertz CT molecular complexity index is 481. The highest BCUT2D eigenvalue weighted by molar-refractivity contribution is 5.96. The predicted octanol–water partition coefficient (Wildman–Crippen LogP) is 1.74. The van der Waals surface area contributed by atoms with E-state index in [9.17, 15) is 9.59 Å². The van der Waals surface area contributed by atoms with E-state index in [2.05, 4.69) is 5.32 Å². The van der Waals surface area contributed by atoms with Crippen molar-refractivity contribution in [2.75, 3.05) is 32.1 Å². The van der Waals surface area contributed by atoms with Crippen LogP contribution in [0.4, 0.5) is 5.69 Å². The summed E-state index contributed by atoms with van der Waals surface area (Å²) in [6, 6.07) is 7.46. The maximum atomic E-state index is 12.4. The molecule has 2 amide bonds. The lowest BCUT2D eigenvalue weighted by Crippen LogP contribution is -2.42. The highest BCUT2D eigenvalue weighted by Gasteiger charge is 2.17. The van der Waals surface area contributed by atoms with E-state index in [4.69, 9.17) is 0 Å². The van der Waals surface area contributed by atoms with Gasteiger partial charge in [0.1, 0.15) is 0 Å². The van der Waals surface area contributed by atoms with Gasteiger partial charge in [-0.25, -0.2) is 0 Å². The first kappa shape index (κ1) is 17.0. The number of carbonyl (C=O) groups excluding carboxylic acids is 2. The monoisotopic (exact) mass is 291 g/mol. The molecule has 0 aliphatic carbocycles. The number of nitrogens with one attached hydrogen (secondary N) is 1. The highest BCUT2D eigenvalue weighted by Crippen LogP contribution is 2.13. The molecular weight excluding hydrogens is 266 g/mol. The fourth-order valence-corrected chi connectivity index (χ4v) is 1.95. The lowest BCUT2D eigenvalue weighted by atomic mass is 10.1. The minimum absolute atomic E-state index is 0.0747. The van der Waals surface area contributed by atoms with Crippen molar-refractivity contribution >= 4 is 17.5 Å². The smallest absolute Gasteiger partial charge is 0.254 e. The van der Waals surface area contributed by atoms with E-state index in [1.165, 1.54) is 0 Å². The Kier molecular flexibility index (Phi) is 6.21. The number of benzene rings is 1. The van der Waals surface area contributed by atoms with Crippen molar-refractivity contribution in [1.82, 2.24) is 10.2 Å². The molecular formula is C16H25N3O2. The summed E-state index contributed by atoms with van der Waals surface area (Å²) in [5.41, 5.74) is 1.63. The first-order valence-electron chi connectivity index (χ1n) is 7.21. The molecule has 0 radical (unpaired) electrons. The van der Waals surface area contributed by atoms with Crippen LogP contribution in [0, 0.1) is 0 Å². The molecule has 0 aliphatic heterocycles. The predicted molar refractivity (Wildman–Crippen MR) is 85.6 cm³/mol. The second kappa shape index (κ2) is 7.67. The van der Waals surface area contributed by atoms with Gasteiger partial charge in [0, 0.05) is 37.9 Å². The average molecular weight is 291 g/mol. The standard InChI is InChI=1S/C16H25N3O2/c1-6-19(11-15(20)17-12(2)3)16(21)13-7-9-14(10-8-13)18(4)5/h7-10,12H,6,11H2,1-5H3,(H,17,20). The SMILES string of the molecule is CCN(CC(=O)NC(C)C)C(=O)c1ccc(N(C)C)cc1. The number of anilines is 1. The van der Waals surface area contributed by atoms with Crippen molar-refractivity contribution in [1.29, 1.82) is 0 Å². The molecule has 1 aromatic carbocycles. The molecule has 21 heavy (non-hydrogen) atoms. The van der Waals surface area contributed by atoms with E-state index in [-0.39, 0.29) is 24.4 Å². The number of likely N-dealkylation sites (N-methyl/N-ethyl adjacent to an activating group) is 1. The molecule has 0 aromatic heterocycles. The Hall–Kier alpha value is -2.04. The Morgan fingerprint density at radius 1 is 1.14 bits per heavy atom. The summed E-state index contributed by atoms with van der Waals surface area (Å²) in [6.45, 7) is 6.25. The molecule has 0 unspecified atom stereocenters. The molecule has 0 aliphatic rings. The first-order valence-corrected chi connectivity index (χ1v) is 7.21. The molecule has 5 nitrogen and oxygen atoms in total.